The van der Waals surface area contributed by atoms with Crippen LogP contribution in [0.25, 0.3) is 0 Å². The van der Waals surface area contributed by atoms with E-state index in [0.29, 0.717) is 22.0 Å². The fraction of sp³-hybridized carbons (Fsp3) is 0.577. The molecule has 1 aromatic heterocycles. The highest BCUT2D eigenvalue weighted by molar-refractivity contribution is 9.10. The second-order valence-corrected chi connectivity index (χ2v) is 11.5. The Bertz CT molecular complexity index is 1170. The summed E-state index contributed by atoms with van der Waals surface area (Å²) in [5, 5.41) is 6.04. The molecule has 2 aliphatic rings. The van der Waals surface area contributed by atoms with Gasteiger partial charge in [0.25, 0.3) is 5.56 Å². The Balaban J connectivity index is 1.59. The molecule has 1 aromatic carbocycles. The maximum absolute atomic E-state index is 12.8. The predicted molar refractivity (Wildman–Crippen MR) is 149 cm³/mol. The number of aryl methyl sites for hydroxylation is 1. The van der Waals surface area contributed by atoms with Crippen LogP contribution in [0.15, 0.2) is 33.8 Å². The zero-order valence-electron chi connectivity index (χ0n) is 22.2. The van der Waals surface area contributed by atoms with E-state index in [1.165, 1.54) is 4.57 Å². The van der Waals surface area contributed by atoms with Crippen LogP contribution < -0.4 is 21.1 Å². The third kappa shape index (κ3) is 7.03. The average Bonchev–Trinajstić information content (AvgIpc) is 2.82. The zero-order valence-corrected chi connectivity index (χ0v) is 23.8. The molecule has 0 saturated carbocycles. The maximum Gasteiger partial charge on any atom is 0.412 e. The van der Waals surface area contributed by atoms with Crippen molar-refractivity contribution in [3.63, 3.8) is 0 Å². The Morgan fingerprint density at radius 2 is 1.95 bits per heavy atom. The molecule has 0 radical (unpaired) electrons. The Labute approximate surface area is 226 Å². The Kier molecular flexibility index (Phi) is 8.45. The second-order valence-electron chi connectivity index (χ2n) is 10.7. The van der Waals surface area contributed by atoms with E-state index < -0.39 is 11.7 Å². The van der Waals surface area contributed by atoms with Crippen LogP contribution in [0, 0.1) is 0 Å². The normalized spacial score (nSPS) is 21.0. The summed E-state index contributed by atoms with van der Waals surface area (Å²) >= 11 is 3.34. The van der Waals surface area contributed by atoms with Crippen molar-refractivity contribution in [1.29, 1.82) is 0 Å². The van der Waals surface area contributed by atoms with E-state index in [4.69, 9.17) is 9.47 Å². The van der Waals surface area contributed by atoms with Crippen LogP contribution in [0.1, 0.15) is 40.5 Å². The molecule has 2 aromatic rings. The monoisotopic (exact) mass is 576 g/mol. The molecule has 1 amide bonds. The molecule has 3 heterocycles. The largest absolute Gasteiger partial charge is 0.444 e. The van der Waals surface area contributed by atoms with E-state index in [9.17, 15) is 9.59 Å². The molecular weight excluding hydrogens is 540 g/mol. The first kappa shape index (κ1) is 27.4. The minimum absolute atomic E-state index is 0.188. The number of halogens is 1. The minimum atomic E-state index is -0.629. The highest BCUT2D eigenvalue weighted by Crippen LogP contribution is 2.35. The van der Waals surface area contributed by atoms with Crippen LogP contribution in [0.2, 0.25) is 0 Å². The first-order valence-corrected chi connectivity index (χ1v) is 13.5. The fourth-order valence-corrected chi connectivity index (χ4v) is 5.43. The number of hydrogen-bond acceptors (Lipinski definition) is 8. The molecule has 2 unspecified atom stereocenters. The molecule has 2 fully saturated rings. The summed E-state index contributed by atoms with van der Waals surface area (Å²) in [6.07, 6.45) is 3.14. The van der Waals surface area contributed by atoms with E-state index in [1.807, 2.05) is 39.0 Å². The molecule has 2 saturated heterocycles. The van der Waals surface area contributed by atoms with Crippen LogP contribution >= 0.6 is 15.9 Å². The molecule has 0 bridgehead atoms. The van der Waals surface area contributed by atoms with Gasteiger partial charge in [0.15, 0.2) is 5.82 Å². The molecule has 37 heavy (non-hydrogen) atoms. The molecule has 0 spiro atoms. The van der Waals surface area contributed by atoms with Crippen molar-refractivity contribution in [3.8, 4) is 0 Å². The van der Waals surface area contributed by atoms with Crippen LogP contribution in [0.4, 0.5) is 27.7 Å². The van der Waals surface area contributed by atoms with Gasteiger partial charge in [-0.3, -0.25) is 15.0 Å². The highest BCUT2D eigenvalue weighted by Gasteiger charge is 2.31. The molecule has 2 N–H and O–H groups in total. The molecular formula is C26H37BrN6O4. The minimum Gasteiger partial charge on any atom is -0.444 e. The standard InChI is InChI=1S/C26H37BrN6O4/c1-17-14-19(32-10-12-36-13-11-32)8-9-33(17)21-7-6-18(15-20(21)29-25(35)37-26(2,3)4)28-23-24(34)31(5)16-22(27)30-23/h6-7,15-17,19H,8-14H2,1-5H3,(H,28,30)(H,29,35). The molecule has 10 nitrogen and oxygen atoms in total. The molecule has 2 atom stereocenters. The third-order valence-electron chi connectivity index (χ3n) is 6.66. The maximum atomic E-state index is 12.8. The third-order valence-corrected chi connectivity index (χ3v) is 7.04. The van der Waals surface area contributed by atoms with Crippen molar-refractivity contribution >= 4 is 44.9 Å². The number of ether oxygens (including phenoxy) is 2. The fourth-order valence-electron chi connectivity index (χ4n) is 4.94. The van der Waals surface area contributed by atoms with E-state index in [2.05, 4.69) is 48.3 Å². The highest BCUT2D eigenvalue weighted by atomic mass is 79.9. The second kappa shape index (κ2) is 11.4. The van der Waals surface area contributed by atoms with Crippen molar-refractivity contribution in [2.75, 3.05) is 48.4 Å². The number of nitrogens with one attached hydrogen (secondary N) is 2. The number of rotatable bonds is 5. The number of aromatic nitrogens is 2. The van der Waals surface area contributed by atoms with Gasteiger partial charge in [0.2, 0.25) is 0 Å². The summed E-state index contributed by atoms with van der Waals surface area (Å²) in [4.78, 5) is 34.5. The molecule has 202 valence electrons. The number of amides is 1. The van der Waals surface area contributed by atoms with Gasteiger partial charge in [-0.05, 0) is 74.7 Å². The van der Waals surface area contributed by atoms with Crippen molar-refractivity contribution in [2.45, 2.75) is 58.2 Å². The number of hydrogen-bond donors (Lipinski definition) is 2. The number of carbonyl (C=O) groups is 1. The smallest absolute Gasteiger partial charge is 0.412 e. The lowest BCUT2D eigenvalue weighted by molar-refractivity contribution is 0.00899. The number of carbonyl (C=O) groups excluding carboxylic acids is 1. The molecule has 4 rings (SSSR count). The van der Waals surface area contributed by atoms with Crippen molar-refractivity contribution in [3.05, 3.63) is 39.4 Å². The van der Waals surface area contributed by atoms with Crippen LogP contribution in [-0.2, 0) is 16.5 Å². The van der Waals surface area contributed by atoms with Crippen molar-refractivity contribution < 1.29 is 14.3 Å². The lowest BCUT2D eigenvalue weighted by Crippen LogP contribution is -2.52. The summed E-state index contributed by atoms with van der Waals surface area (Å²) in [5.41, 5.74) is 1.28. The molecule has 0 aliphatic carbocycles. The van der Waals surface area contributed by atoms with Gasteiger partial charge in [-0.25, -0.2) is 9.78 Å². The van der Waals surface area contributed by atoms with Gasteiger partial charge in [-0.2, -0.15) is 0 Å². The van der Waals surface area contributed by atoms with E-state index in [0.717, 1.165) is 51.4 Å². The number of benzene rings is 1. The van der Waals surface area contributed by atoms with Crippen molar-refractivity contribution in [2.24, 2.45) is 7.05 Å². The average molecular weight is 578 g/mol. The number of nitrogens with zero attached hydrogens (tertiary/aromatic N) is 4. The van der Waals surface area contributed by atoms with Gasteiger partial charge in [-0.15, -0.1) is 0 Å². The summed E-state index contributed by atoms with van der Waals surface area (Å²) in [6, 6.07) is 6.50. The lowest BCUT2D eigenvalue weighted by atomic mass is 9.95. The number of piperidine rings is 1. The van der Waals surface area contributed by atoms with E-state index in [1.54, 1.807) is 13.2 Å². The topological polar surface area (TPSA) is 101 Å². The van der Waals surface area contributed by atoms with Crippen LogP contribution in [-0.4, -0.2) is 71.1 Å². The van der Waals surface area contributed by atoms with Gasteiger partial charge in [0.1, 0.15) is 10.2 Å². The van der Waals surface area contributed by atoms with E-state index >= 15 is 0 Å². The Morgan fingerprint density at radius 3 is 2.62 bits per heavy atom. The van der Waals surface area contributed by atoms with Gasteiger partial charge in [0.05, 0.1) is 24.6 Å². The van der Waals surface area contributed by atoms with E-state index in [-0.39, 0.29) is 17.4 Å². The summed E-state index contributed by atoms with van der Waals surface area (Å²) in [7, 11) is 1.67. The Hall–Kier alpha value is -2.63. The first-order valence-electron chi connectivity index (χ1n) is 12.7. The quantitative estimate of drug-likeness (QED) is 0.542. The van der Waals surface area contributed by atoms with Gasteiger partial charge < -0.3 is 24.3 Å². The van der Waals surface area contributed by atoms with Gasteiger partial charge in [-0.1, -0.05) is 0 Å². The van der Waals surface area contributed by atoms with Crippen LogP contribution in [0.5, 0.6) is 0 Å². The van der Waals surface area contributed by atoms with Crippen LogP contribution in [0.3, 0.4) is 0 Å². The predicted octanol–water partition coefficient (Wildman–Crippen LogP) is 4.32. The Morgan fingerprint density at radius 1 is 1.22 bits per heavy atom. The number of morpholine rings is 1. The van der Waals surface area contributed by atoms with Gasteiger partial charge in [0, 0.05) is 50.6 Å². The summed E-state index contributed by atoms with van der Waals surface area (Å²) in [5.74, 6) is 0.188. The lowest BCUT2D eigenvalue weighted by Gasteiger charge is -2.44. The summed E-state index contributed by atoms with van der Waals surface area (Å²) < 4.78 is 13.1. The van der Waals surface area contributed by atoms with Crippen molar-refractivity contribution in [1.82, 2.24) is 14.5 Å². The number of anilines is 4. The van der Waals surface area contributed by atoms with Gasteiger partial charge >= 0.3 is 6.09 Å². The molecule has 2 aliphatic heterocycles. The first-order chi connectivity index (χ1) is 17.5. The molecule has 11 heteroatoms. The SMILES string of the molecule is CC1CC(N2CCOCC2)CCN1c1ccc(Nc2nc(Br)cn(C)c2=O)cc1NC(=O)OC(C)(C)C. The summed E-state index contributed by atoms with van der Waals surface area (Å²) in [6.45, 7) is 12.1. The zero-order chi connectivity index (χ0) is 26.7.